The zero-order valence-electron chi connectivity index (χ0n) is 23.8. The van der Waals surface area contributed by atoms with Gasteiger partial charge in [0.1, 0.15) is 17.3 Å². The number of fused-ring (bicyclic) bond motifs is 1. The molecule has 5 aromatic rings. The van der Waals surface area contributed by atoms with Gasteiger partial charge in [0.05, 0.1) is 29.6 Å². The van der Waals surface area contributed by atoms with Crippen LogP contribution in [0.4, 0.5) is 27.4 Å². The van der Waals surface area contributed by atoms with Gasteiger partial charge in [-0.2, -0.15) is 0 Å². The zero-order chi connectivity index (χ0) is 31.3. The number of benzene rings is 4. The number of sulfonamides is 1. The SMILES string of the molecule is C.COc1cc(O)cc(Nc2nc3ccccc3nc2NS(=O)(=O)c2cccc(NC(=O)CNCc3cc(F)ccc3C)c2)c1. The number of nitrogens with one attached hydrogen (secondary N) is 4. The molecule has 45 heavy (non-hydrogen) atoms. The van der Waals surface area contributed by atoms with E-state index in [1.807, 2.05) is 6.92 Å². The molecule has 0 bridgehead atoms. The fourth-order valence-electron chi connectivity index (χ4n) is 4.34. The molecule has 234 valence electrons. The number of aromatic nitrogens is 2. The lowest BCUT2D eigenvalue weighted by Crippen LogP contribution is -2.28. The summed E-state index contributed by atoms with van der Waals surface area (Å²) in [7, 11) is -2.75. The van der Waals surface area contributed by atoms with E-state index < -0.39 is 15.9 Å². The van der Waals surface area contributed by atoms with Crippen LogP contribution < -0.4 is 25.4 Å². The summed E-state index contributed by atoms with van der Waals surface area (Å²) in [5, 5.41) is 18.7. The molecule has 0 aliphatic heterocycles. The maximum Gasteiger partial charge on any atom is 0.263 e. The van der Waals surface area contributed by atoms with E-state index in [-0.39, 0.29) is 54.3 Å². The van der Waals surface area contributed by atoms with Crippen molar-refractivity contribution in [2.24, 2.45) is 0 Å². The number of para-hydroxylation sites is 2. The van der Waals surface area contributed by atoms with Crippen molar-refractivity contribution in [1.82, 2.24) is 15.3 Å². The molecule has 0 radical (unpaired) electrons. The van der Waals surface area contributed by atoms with Crippen molar-refractivity contribution >= 4 is 50.0 Å². The van der Waals surface area contributed by atoms with Crippen molar-refractivity contribution in [2.75, 3.05) is 29.0 Å². The van der Waals surface area contributed by atoms with Gasteiger partial charge in [0.15, 0.2) is 11.6 Å². The average Bonchev–Trinajstić information content (AvgIpc) is 2.99. The van der Waals surface area contributed by atoms with Gasteiger partial charge in [-0.1, -0.05) is 31.7 Å². The van der Waals surface area contributed by atoms with Gasteiger partial charge in [0.2, 0.25) is 5.91 Å². The molecular formula is C32H33FN6O5S. The molecule has 4 aromatic carbocycles. The molecule has 0 spiro atoms. The third-order valence-electron chi connectivity index (χ3n) is 6.53. The number of carbonyl (C=O) groups excluding carboxylic acids is 1. The number of amides is 1. The van der Waals surface area contributed by atoms with Crippen molar-refractivity contribution in [2.45, 2.75) is 25.8 Å². The maximum atomic E-state index is 13.5. The van der Waals surface area contributed by atoms with Gasteiger partial charge in [-0.05, 0) is 60.5 Å². The summed E-state index contributed by atoms with van der Waals surface area (Å²) >= 11 is 0. The monoisotopic (exact) mass is 632 g/mol. The van der Waals surface area contributed by atoms with Gasteiger partial charge in [-0.3, -0.25) is 9.52 Å². The van der Waals surface area contributed by atoms with Crippen molar-refractivity contribution in [3.05, 3.63) is 102 Å². The van der Waals surface area contributed by atoms with Crippen molar-refractivity contribution in [3.63, 3.8) is 0 Å². The van der Waals surface area contributed by atoms with E-state index in [9.17, 15) is 22.7 Å². The second-order valence-corrected chi connectivity index (χ2v) is 11.5. The predicted molar refractivity (Wildman–Crippen MR) is 173 cm³/mol. The van der Waals surface area contributed by atoms with Crippen LogP contribution in [0.2, 0.25) is 0 Å². The highest BCUT2D eigenvalue weighted by molar-refractivity contribution is 7.92. The number of phenolic OH excluding ortho intramolecular Hbond substituents is 1. The van der Waals surface area contributed by atoms with E-state index in [0.717, 1.165) is 11.1 Å². The first-order chi connectivity index (χ1) is 21.1. The highest BCUT2D eigenvalue weighted by atomic mass is 32.2. The number of phenols is 1. The number of carbonyl (C=O) groups is 1. The van der Waals surface area contributed by atoms with E-state index in [2.05, 4.69) is 30.6 Å². The van der Waals surface area contributed by atoms with E-state index >= 15 is 0 Å². The molecule has 1 amide bonds. The molecule has 0 saturated heterocycles. The van der Waals surface area contributed by atoms with Crippen LogP contribution in [0.5, 0.6) is 11.5 Å². The Labute approximate surface area is 260 Å². The minimum Gasteiger partial charge on any atom is -0.508 e. The van der Waals surface area contributed by atoms with Crippen LogP contribution in [-0.2, 0) is 21.4 Å². The van der Waals surface area contributed by atoms with E-state index in [0.29, 0.717) is 22.5 Å². The molecule has 0 saturated carbocycles. The quantitative estimate of drug-likeness (QED) is 0.123. The lowest BCUT2D eigenvalue weighted by atomic mass is 10.1. The number of methoxy groups -OCH3 is 1. The number of halogens is 1. The summed E-state index contributed by atoms with van der Waals surface area (Å²) in [4.78, 5) is 21.4. The molecule has 1 heterocycles. The Morgan fingerprint density at radius 3 is 2.38 bits per heavy atom. The fraction of sp³-hybridized carbons (Fsp3) is 0.156. The Morgan fingerprint density at radius 1 is 0.911 bits per heavy atom. The molecule has 0 unspecified atom stereocenters. The number of aromatic hydroxyl groups is 1. The summed E-state index contributed by atoms with van der Waals surface area (Å²) in [6.45, 7) is 2.06. The van der Waals surface area contributed by atoms with Crippen LogP contribution in [-0.4, -0.2) is 43.1 Å². The summed E-state index contributed by atoms with van der Waals surface area (Å²) in [6.07, 6.45) is 0. The van der Waals surface area contributed by atoms with Crippen LogP contribution in [0, 0.1) is 12.7 Å². The number of hydrogen-bond donors (Lipinski definition) is 5. The zero-order valence-corrected chi connectivity index (χ0v) is 24.6. The van der Waals surface area contributed by atoms with Crippen LogP contribution in [0.1, 0.15) is 18.6 Å². The van der Waals surface area contributed by atoms with Crippen molar-refractivity contribution in [1.29, 1.82) is 0 Å². The van der Waals surface area contributed by atoms with Gasteiger partial charge < -0.3 is 25.8 Å². The molecule has 0 atom stereocenters. The molecule has 13 heteroatoms. The lowest BCUT2D eigenvalue weighted by molar-refractivity contribution is -0.115. The predicted octanol–water partition coefficient (Wildman–Crippen LogP) is 5.70. The van der Waals surface area contributed by atoms with Crippen LogP contribution >= 0.6 is 0 Å². The van der Waals surface area contributed by atoms with Gasteiger partial charge in [0, 0.05) is 36.1 Å². The second kappa shape index (κ2) is 14.0. The summed E-state index contributed by atoms with van der Waals surface area (Å²) in [5.74, 6) is -0.459. The second-order valence-electron chi connectivity index (χ2n) is 9.81. The van der Waals surface area contributed by atoms with Crippen molar-refractivity contribution in [3.8, 4) is 11.5 Å². The standard InChI is InChI=1S/C31H29FN6O5S.CH4/c1-19-10-11-21(32)12-20(19)17-33-18-29(40)34-22-6-5-7-26(15-22)44(41,42)38-31-30(36-27-8-3-4-9-28(27)37-31)35-23-13-24(39)16-25(14-23)43-2;/h3-16,33,39H,17-18H2,1-2H3,(H,34,40)(H,35,36)(H,37,38);1H4. The van der Waals surface area contributed by atoms with Gasteiger partial charge >= 0.3 is 0 Å². The average molecular weight is 633 g/mol. The third kappa shape index (κ3) is 8.22. The number of aryl methyl sites for hydroxylation is 1. The van der Waals surface area contributed by atoms with E-state index in [1.54, 1.807) is 42.5 Å². The molecule has 0 aliphatic carbocycles. The molecule has 11 nitrogen and oxygen atoms in total. The first kappa shape index (κ1) is 32.6. The number of nitrogens with zero attached hydrogens (tertiary/aromatic N) is 2. The molecule has 1 aromatic heterocycles. The smallest absolute Gasteiger partial charge is 0.263 e. The number of rotatable bonds is 11. The highest BCUT2D eigenvalue weighted by Crippen LogP contribution is 2.31. The van der Waals surface area contributed by atoms with Crippen LogP contribution in [0.25, 0.3) is 11.0 Å². The highest BCUT2D eigenvalue weighted by Gasteiger charge is 2.20. The molecule has 0 aliphatic rings. The van der Waals surface area contributed by atoms with Crippen LogP contribution in [0.15, 0.2) is 89.8 Å². The van der Waals surface area contributed by atoms with Gasteiger partial charge in [-0.15, -0.1) is 0 Å². The first-order valence-corrected chi connectivity index (χ1v) is 14.9. The molecule has 5 rings (SSSR count). The van der Waals surface area contributed by atoms with E-state index in [1.165, 1.54) is 49.6 Å². The molecule has 0 fully saturated rings. The number of ether oxygens (including phenoxy) is 1. The van der Waals surface area contributed by atoms with Crippen molar-refractivity contribution < 1.29 is 27.4 Å². The third-order valence-corrected chi connectivity index (χ3v) is 7.87. The van der Waals surface area contributed by atoms with Crippen LogP contribution in [0.3, 0.4) is 0 Å². The summed E-state index contributed by atoms with van der Waals surface area (Å²) < 4.78 is 48.2. The Bertz CT molecular complexity index is 1950. The lowest BCUT2D eigenvalue weighted by Gasteiger charge is -2.15. The fourth-order valence-corrected chi connectivity index (χ4v) is 5.40. The minimum atomic E-state index is -4.21. The Hall–Kier alpha value is -5.27. The molecule has 5 N–H and O–H groups in total. The maximum absolute atomic E-state index is 13.5. The largest absolute Gasteiger partial charge is 0.508 e. The summed E-state index contributed by atoms with van der Waals surface area (Å²) in [5.41, 5.74) is 3.22. The number of hydrogen-bond acceptors (Lipinski definition) is 9. The van der Waals surface area contributed by atoms with Gasteiger partial charge in [0.25, 0.3) is 10.0 Å². The summed E-state index contributed by atoms with van der Waals surface area (Å²) in [6, 6.07) is 21.6. The molecular weight excluding hydrogens is 599 g/mol. The van der Waals surface area contributed by atoms with E-state index in [4.69, 9.17) is 4.74 Å². The Balaban J connectivity index is 0.00000461. The first-order valence-electron chi connectivity index (χ1n) is 13.4. The number of anilines is 4. The topological polar surface area (TPSA) is 155 Å². The normalized spacial score (nSPS) is 11.0. The van der Waals surface area contributed by atoms with Gasteiger partial charge in [-0.25, -0.2) is 22.8 Å². The minimum absolute atomic E-state index is 0. The Kier molecular flexibility index (Phi) is 10.2. The Morgan fingerprint density at radius 2 is 1.64 bits per heavy atom.